The van der Waals surface area contributed by atoms with Crippen LogP contribution in [0, 0.1) is 0 Å². The van der Waals surface area contributed by atoms with Gasteiger partial charge in [-0.3, -0.25) is 4.68 Å². The summed E-state index contributed by atoms with van der Waals surface area (Å²) in [4.78, 5) is 4.03. The summed E-state index contributed by atoms with van der Waals surface area (Å²) in [6.45, 7) is 3.64. The van der Waals surface area contributed by atoms with Crippen LogP contribution in [0.25, 0.3) is 0 Å². The molecule has 0 radical (unpaired) electrons. The minimum Gasteiger partial charge on any atom is -0.393 e. The van der Waals surface area contributed by atoms with Gasteiger partial charge >= 0.3 is 0 Å². The highest BCUT2D eigenvalue weighted by Crippen LogP contribution is 2.13. The van der Waals surface area contributed by atoms with Crippen molar-refractivity contribution in [2.45, 2.75) is 25.9 Å². The minimum absolute atomic E-state index is 0.0104. The summed E-state index contributed by atoms with van der Waals surface area (Å²) in [6, 6.07) is 0. The van der Waals surface area contributed by atoms with Gasteiger partial charge in [-0.2, -0.15) is 5.10 Å². The quantitative estimate of drug-likeness (QED) is 0.668. The van der Waals surface area contributed by atoms with Crippen molar-refractivity contribution in [3.63, 3.8) is 0 Å². The summed E-state index contributed by atoms with van der Waals surface area (Å²) in [5, 5.41) is 13.3. The normalized spacial score (nSPS) is 16.4. The molecule has 0 saturated heterocycles. The van der Waals surface area contributed by atoms with E-state index in [0.29, 0.717) is 5.82 Å². The van der Waals surface area contributed by atoms with Crippen molar-refractivity contribution < 1.29 is 5.11 Å². The topological polar surface area (TPSA) is 50.9 Å². The average molecular weight is 155 g/mol. The fourth-order valence-corrected chi connectivity index (χ4v) is 0.780. The van der Waals surface area contributed by atoms with Gasteiger partial charge in [-0.05, 0) is 6.92 Å². The van der Waals surface area contributed by atoms with Crippen LogP contribution in [0.1, 0.15) is 25.6 Å². The van der Waals surface area contributed by atoms with E-state index in [9.17, 15) is 5.11 Å². The Labute approximate surface area is 65.9 Å². The van der Waals surface area contributed by atoms with Crippen LogP contribution in [-0.2, 0) is 7.05 Å². The van der Waals surface area contributed by atoms with Gasteiger partial charge in [0.05, 0.1) is 6.10 Å². The molecule has 1 aromatic rings. The van der Waals surface area contributed by atoms with Crippen LogP contribution in [0.2, 0.25) is 0 Å². The number of nitrogens with zero attached hydrogens (tertiary/aromatic N) is 3. The lowest BCUT2D eigenvalue weighted by Crippen LogP contribution is -2.12. The van der Waals surface area contributed by atoms with Gasteiger partial charge in [-0.15, -0.1) is 0 Å². The maximum atomic E-state index is 9.19. The number of hydrogen-bond donors (Lipinski definition) is 1. The first kappa shape index (κ1) is 8.20. The lowest BCUT2D eigenvalue weighted by molar-refractivity contribution is 0.165. The van der Waals surface area contributed by atoms with Crippen LogP contribution in [-0.4, -0.2) is 26.0 Å². The van der Waals surface area contributed by atoms with Gasteiger partial charge in [0.2, 0.25) is 0 Å². The molecule has 1 aromatic heterocycles. The summed E-state index contributed by atoms with van der Waals surface area (Å²) >= 11 is 0. The van der Waals surface area contributed by atoms with Crippen molar-refractivity contribution in [1.29, 1.82) is 0 Å². The van der Waals surface area contributed by atoms with E-state index in [1.54, 1.807) is 17.9 Å². The van der Waals surface area contributed by atoms with Crippen molar-refractivity contribution in [3.05, 3.63) is 12.2 Å². The third kappa shape index (κ3) is 1.77. The van der Waals surface area contributed by atoms with Gasteiger partial charge in [0.25, 0.3) is 0 Å². The summed E-state index contributed by atoms with van der Waals surface area (Å²) in [5.41, 5.74) is 0. The Morgan fingerprint density at radius 1 is 1.55 bits per heavy atom. The number of aryl methyl sites for hydroxylation is 1. The maximum Gasteiger partial charge on any atom is 0.155 e. The van der Waals surface area contributed by atoms with Crippen LogP contribution in [0.3, 0.4) is 0 Å². The van der Waals surface area contributed by atoms with Crippen LogP contribution >= 0.6 is 0 Å². The first-order valence-corrected chi connectivity index (χ1v) is 3.65. The lowest BCUT2D eigenvalue weighted by Gasteiger charge is -2.09. The zero-order valence-electron chi connectivity index (χ0n) is 7.02. The second-order valence-corrected chi connectivity index (χ2v) is 2.81. The monoisotopic (exact) mass is 155 g/mol. The molecule has 0 fully saturated rings. The van der Waals surface area contributed by atoms with Gasteiger partial charge in [-0.1, -0.05) is 6.92 Å². The highest BCUT2D eigenvalue weighted by atomic mass is 16.3. The Balaban J connectivity index is 2.76. The van der Waals surface area contributed by atoms with Gasteiger partial charge in [0, 0.05) is 13.0 Å². The fraction of sp³-hybridized carbons (Fsp3) is 0.714. The van der Waals surface area contributed by atoms with E-state index < -0.39 is 6.10 Å². The van der Waals surface area contributed by atoms with E-state index >= 15 is 0 Å². The molecule has 62 valence electrons. The molecule has 0 amide bonds. The summed E-state index contributed by atoms with van der Waals surface area (Å²) in [6.07, 6.45) is 1.24. The molecule has 0 saturated carbocycles. The molecule has 11 heavy (non-hydrogen) atoms. The van der Waals surface area contributed by atoms with Gasteiger partial charge < -0.3 is 5.11 Å². The Kier molecular flexibility index (Phi) is 2.24. The van der Waals surface area contributed by atoms with E-state index in [1.165, 1.54) is 0 Å². The molecule has 1 rings (SSSR count). The van der Waals surface area contributed by atoms with Crippen LogP contribution in [0.4, 0.5) is 0 Å². The minimum atomic E-state index is -0.391. The lowest BCUT2D eigenvalue weighted by atomic mass is 10.1. The van der Waals surface area contributed by atoms with Crippen LogP contribution in [0.5, 0.6) is 0 Å². The highest BCUT2D eigenvalue weighted by molar-refractivity contribution is 4.93. The molecule has 0 spiro atoms. The van der Waals surface area contributed by atoms with E-state index in [1.807, 2.05) is 14.0 Å². The Morgan fingerprint density at radius 2 is 2.18 bits per heavy atom. The second kappa shape index (κ2) is 3.00. The van der Waals surface area contributed by atoms with Crippen LogP contribution in [0.15, 0.2) is 6.33 Å². The van der Waals surface area contributed by atoms with E-state index in [-0.39, 0.29) is 5.92 Å². The average Bonchev–Trinajstić information content (AvgIpc) is 2.34. The van der Waals surface area contributed by atoms with Crippen molar-refractivity contribution >= 4 is 0 Å². The van der Waals surface area contributed by atoms with Gasteiger partial charge in [0.1, 0.15) is 6.33 Å². The zero-order valence-corrected chi connectivity index (χ0v) is 7.02. The van der Waals surface area contributed by atoms with Crippen molar-refractivity contribution in [1.82, 2.24) is 14.8 Å². The number of hydrogen-bond acceptors (Lipinski definition) is 3. The van der Waals surface area contributed by atoms with Crippen molar-refractivity contribution in [2.24, 2.45) is 7.05 Å². The molecule has 0 bridgehead atoms. The SMILES string of the molecule is CC(O)C(C)c1ncn(C)n1. The molecular weight excluding hydrogens is 142 g/mol. The first-order valence-electron chi connectivity index (χ1n) is 3.65. The molecule has 1 N–H and O–H groups in total. The van der Waals surface area contributed by atoms with Gasteiger partial charge in [-0.25, -0.2) is 4.98 Å². The van der Waals surface area contributed by atoms with E-state index in [0.717, 1.165) is 0 Å². The number of rotatable bonds is 2. The third-order valence-electron chi connectivity index (χ3n) is 1.75. The number of aromatic nitrogens is 3. The molecule has 1 heterocycles. The summed E-state index contributed by atoms with van der Waals surface area (Å²) < 4.78 is 1.63. The Morgan fingerprint density at radius 3 is 2.55 bits per heavy atom. The molecule has 0 aromatic carbocycles. The molecular formula is C7H13N3O. The largest absolute Gasteiger partial charge is 0.393 e. The van der Waals surface area contributed by atoms with Crippen molar-refractivity contribution in [3.8, 4) is 0 Å². The predicted molar refractivity (Wildman–Crippen MR) is 41.1 cm³/mol. The Bertz CT molecular complexity index is 231. The Hall–Kier alpha value is -0.900. The first-order chi connectivity index (χ1) is 5.11. The number of aliphatic hydroxyl groups is 1. The molecule has 2 unspecified atom stereocenters. The fourth-order valence-electron chi connectivity index (χ4n) is 0.780. The van der Waals surface area contributed by atoms with Crippen molar-refractivity contribution in [2.75, 3.05) is 0 Å². The van der Waals surface area contributed by atoms with E-state index in [4.69, 9.17) is 0 Å². The second-order valence-electron chi connectivity index (χ2n) is 2.81. The molecule has 0 aliphatic carbocycles. The zero-order chi connectivity index (χ0) is 8.43. The molecule has 4 heteroatoms. The maximum absolute atomic E-state index is 9.19. The summed E-state index contributed by atoms with van der Waals surface area (Å²) in [7, 11) is 1.81. The molecule has 0 aliphatic rings. The molecule has 2 atom stereocenters. The van der Waals surface area contributed by atoms with Crippen LogP contribution < -0.4 is 0 Å². The van der Waals surface area contributed by atoms with E-state index in [2.05, 4.69) is 10.1 Å². The van der Waals surface area contributed by atoms with Gasteiger partial charge in [0.15, 0.2) is 5.82 Å². The highest BCUT2D eigenvalue weighted by Gasteiger charge is 2.14. The standard InChI is InChI=1S/C7H13N3O/c1-5(6(2)11)7-8-4-10(3)9-7/h4-6,11H,1-3H3. The smallest absolute Gasteiger partial charge is 0.155 e. The molecule has 0 aliphatic heterocycles. The summed E-state index contributed by atoms with van der Waals surface area (Å²) in [5.74, 6) is 0.707. The number of aliphatic hydroxyl groups excluding tert-OH is 1. The third-order valence-corrected chi connectivity index (χ3v) is 1.75. The molecule has 4 nitrogen and oxygen atoms in total. The predicted octanol–water partition coefficient (Wildman–Crippen LogP) is 0.299.